The minimum atomic E-state index is -0.965. The van der Waals surface area contributed by atoms with Crippen LogP contribution in [0.3, 0.4) is 0 Å². The van der Waals surface area contributed by atoms with E-state index in [0.29, 0.717) is 19.6 Å². The van der Waals surface area contributed by atoms with Gasteiger partial charge in [-0.1, -0.05) is 20.8 Å². The molecule has 17 heavy (non-hydrogen) atoms. The van der Waals surface area contributed by atoms with Crippen molar-refractivity contribution in [2.75, 3.05) is 26.9 Å². The smallest absolute Gasteiger partial charge is 0.407 e. The van der Waals surface area contributed by atoms with Crippen LogP contribution < -0.4 is 0 Å². The molecule has 1 rings (SSSR count). The molecule has 0 aromatic rings. The lowest BCUT2D eigenvalue weighted by molar-refractivity contribution is -0.0118. The average molecular weight is 245 g/mol. The molecule has 1 unspecified atom stereocenters. The first-order valence-corrected chi connectivity index (χ1v) is 5.89. The zero-order valence-corrected chi connectivity index (χ0v) is 11.1. The molecule has 100 valence electrons. The highest BCUT2D eigenvalue weighted by molar-refractivity contribution is 5.67. The van der Waals surface area contributed by atoms with Crippen LogP contribution in [0.25, 0.3) is 0 Å². The minimum Gasteiger partial charge on any atom is -0.465 e. The van der Waals surface area contributed by atoms with Crippen molar-refractivity contribution in [2.45, 2.75) is 32.7 Å². The molecule has 5 heteroatoms. The summed E-state index contributed by atoms with van der Waals surface area (Å²) in [6.45, 7) is 6.71. The number of likely N-dealkylation sites (tertiary alicyclic amines) is 1. The zero-order valence-electron chi connectivity index (χ0n) is 11.1. The Balaban J connectivity index is 3.04. The molecule has 2 N–H and O–H groups in total. The number of hydrogen-bond acceptors (Lipinski definition) is 3. The fourth-order valence-corrected chi connectivity index (χ4v) is 2.79. The van der Waals surface area contributed by atoms with E-state index in [1.165, 1.54) is 4.90 Å². The Morgan fingerprint density at radius 1 is 1.53 bits per heavy atom. The Hall–Kier alpha value is -0.810. The van der Waals surface area contributed by atoms with Crippen LogP contribution in [0.5, 0.6) is 0 Å². The summed E-state index contributed by atoms with van der Waals surface area (Å²) in [6.07, 6.45) is -0.319. The van der Waals surface area contributed by atoms with Gasteiger partial charge < -0.3 is 14.9 Å². The van der Waals surface area contributed by atoms with Crippen LogP contribution in [-0.2, 0) is 4.74 Å². The Kier molecular flexibility index (Phi) is 4.04. The first kappa shape index (κ1) is 14.3. The number of carboxylic acid groups (broad SMARTS) is 1. The van der Waals surface area contributed by atoms with E-state index < -0.39 is 11.6 Å². The largest absolute Gasteiger partial charge is 0.465 e. The fraction of sp³-hybridized carbons (Fsp3) is 0.917. The number of carbonyl (C=O) groups is 1. The molecular weight excluding hydrogens is 222 g/mol. The monoisotopic (exact) mass is 245 g/mol. The van der Waals surface area contributed by atoms with Gasteiger partial charge in [0.2, 0.25) is 0 Å². The number of nitrogens with zero attached hydrogens (tertiary/aromatic N) is 1. The van der Waals surface area contributed by atoms with E-state index in [9.17, 15) is 15.0 Å². The van der Waals surface area contributed by atoms with Gasteiger partial charge in [0.05, 0.1) is 18.8 Å². The first-order valence-electron chi connectivity index (χ1n) is 5.89. The van der Waals surface area contributed by atoms with Crippen LogP contribution in [-0.4, -0.2) is 53.6 Å². The highest BCUT2D eigenvalue weighted by Crippen LogP contribution is 2.45. The van der Waals surface area contributed by atoms with Crippen molar-refractivity contribution in [3.05, 3.63) is 0 Å². The third-order valence-corrected chi connectivity index (χ3v) is 3.87. The highest BCUT2D eigenvalue weighted by atomic mass is 16.5. The number of amides is 1. The molecule has 0 bridgehead atoms. The number of hydrogen-bond donors (Lipinski definition) is 2. The van der Waals surface area contributed by atoms with E-state index in [2.05, 4.69) is 0 Å². The molecule has 0 spiro atoms. The van der Waals surface area contributed by atoms with E-state index in [1.807, 2.05) is 20.8 Å². The van der Waals surface area contributed by atoms with E-state index >= 15 is 0 Å². The zero-order chi connectivity index (χ0) is 13.3. The summed E-state index contributed by atoms with van der Waals surface area (Å²) in [5.74, 6) is 0.155. The lowest BCUT2D eigenvalue weighted by atomic mass is 9.71. The lowest BCUT2D eigenvalue weighted by Gasteiger charge is -2.45. The Morgan fingerprint density at radius 3 is 2.41 bits per heavy atom. The van der Waals surface area contributed by atoms with Crippen molar-refractivity contribution < 1.29 is 19.7 Å². The highest BCUT2D eigenvalue weighted by Gasteiger charge is 2.54. The van der Waals surface area contributed by atoms with E-state index in [-0.39, 0.29) is 17.9 Å². The summed E-state index contributed by atoms with van der Waals surface area (Å²) in [5, 5.41) is 19.0. The molecule has 5 nitrogen and oxygen atoms in total. The summed E-state index contributed by atoms with van der Waals surface area (Å²) >= 11 is 0. The second-order valence-electron chi connectivity index (χ2n) is 5.86. The maximum absolute atomic E-state index is 11.3. The number of ether oxygens (including phenoxy) is 1. The first-order chi connectivity index (χ1) is 7.78. The number of rotatable bonds is 3. The van der Waals surface area contributed by atoms with Crippen LogP contribution in [0.4, 0.5) is 4.79 Å². The molecule has 0 radical (unpaired) electrons. The van der Waals surface area contributed by atoms with Gasteiger partial charge in [0, 0.05) is 19.6 Å². The predicted molar refractivity (Wildman–Crippen MR) is 64.0 cm³/mol. The SMILES string of the molecule is COCC1CN(C(=O)O)[C@](CO)(C(C)(C)C)C1. The molecular formula is C12H23NO4. The minimum absolute atomic E-state index is 0.150. The van der Waals surface area contributed by atoms with Crippen LogP contribution >= 0.6 is 0 Å². The Labute approximate surface area is 102 Å². The van der Waals surface area contributed by atoms with Gasteiger partial charge in [0.25, 0.3) is 0 Å². The maximum Gasteiger partial charge on any atom is 0.407 e. The van der Waals surface area contributed by atoms with Crippen LogP contribution in [0.2, 0.25) is 0 Å². The number of methoxy groups -OCH3 is 1. The van der Waals surface area contributed by atoms with Gasteiger partial charge in [-0.25, -0.2) is 4.79 Å². The molecule has 1 fully saturated rings. The maximum atomic E-state index is 11.3. The molecule has 1 amide bonds. The van der Waals surface area contributed by atoms with Gasteiger partial charge in [0.15, 0.2) is 0 Å². The van der Waals surface area contributed by atoms with Crippen LogP contribution in [0.15, 0.2) is 0 Å². The quantitative estimate of drug-likeness (QED) is 0.788. The average Bonchev–Trinajstić information content (AvgIpc) is 2.58. The summed E-state index contributed by atoms with van der Waals surface area (Å²) in [6, 6.07) is 0. The van der Waals surface area contributed by atoms with E-state index in [1.54, 1.807) is 7.11 Å². The second kappa shape index (κ2) is 4.82. The topological polar surface area (TPSA) is 70.0 Å². The second-order valence-corrected chi connectivity index (χ2v) is 5.86. The number of aliphatic hydroxyl groups excluding tert-OH is 1. The van der Waals surface area contributed by atoms with Crippen molar-refractivity contribution in [3.8, 4) is 0 Å². The van der Waals surface area contributed by atoms with Gasteiger partial charge in [-0.2, -0.15) is 0 Å². The Bertz CT molecular complexity index is 287. The standard InChI is InChI=1S/C12H23NO4/c1-11(2,3)12(8-14)5-9(7-17-4)6-13(12)10(15)16/h9,14H,5-8H2,1-4H3,(H,15,16)/t9?,12-/m1/s1. The summed E-state index contributed by atoms with van der Waals surface area (Å²) in [4.78, 5) is 12.7. The van der Waals surface area contributed by atoms with Crippen LogP contribution in [0.1, 0.15) is 27.2 Å². The van der Waals surface area contributed by atoms with E-state index in [0.717, 1.165) is 0 Å². The molecule has 0 aromatic heterocycles. The van der Waals surface area contributed by atoms with Gasteiger partial charge in [-0.3, -0.25) is 4.90 Å². The summed E-state index contributed by atoms with van der Waals surface area (Å²) in [7, 11) is 1.61. The Morgan fingerprint density at radius 2 is 2.12 bits per heavy atom. The molecule has 0 aromatic carbocycles. The summed E-state index contributed by atoms with van der Waals surface area (Å²) in [5.41, 5.74) is -1.01. The molecule has 1 aliphatic heterocycles. The third kappa shape index (κ3) is 2.40. The van der Waals surface area contributed by atoms with Crippen molar-refractivity contribution in [1.29, 1.82) is 0 Å². The molecule has 0 saturated carbocycles. The van der Waals surface area contributed by atoms with Crippen molar-refractivity contribution in [2.24, 2.45) is 11.3 Å². The fourth-order valence-electron chi connectivity index (χ4n) is 2.79. The van der Waals surface area contributed by atoms with Crippen LogP contribution in [0, 0.1) is 11.3 Å². The lowest BCUT2D eigenvalue weighted by Crippen LogP contribution is -2.57. The van der Waals surface area contributed by atoms with E-state index in [4.69, 9.17) is 4.74 Å². The van der Waals surface area contributed by atoms with Crippen molar-refractivity contribution in [1.82, 2.24) is 4.90 Å². The predicted octanol–water partition coefficient (Wildman–Crippen LogP) is 1.41. The number of aliphatic hydroxyl groups is 1. The van der Waals surface area contributed by atoms with Gasteiger partial charge in [-0.15, -0.1) is 0 Å². The molecule has 1 saturated heterocycles. The van der Waals surface area contributed by atoms with Gasteiger partial charge in [-0.05, 0) is 11.8 Å². The molecule has 2 atom stereocenters. The van der Waals surface area contributed by atoms with Crippen molar-refractivity contribution in [3.63, 3.8) is 0 Å². The molecule has 0 aliphatic carbocycles. The third-order valence-electron chi connectivity index (χ3n) is 3.87. The van der Waals surface area contributed by atoms with Gasteiger partial charge in [0.1, 0.15) is 0 Å². The van der Waals surface area contributed by atoms with Crippen molar-refractivity contribution >= 4 is 6.09 Å². The molecule has 1 heterocycles. The summed E-state index contributed by atoms with van der Waals surface area (Å²) < 4.78 is 5.10. The molecule has 1 aliphatic rings. The normalized spacial score (nSPS) is 29.7. The van der Waals surface area contributed by atoms with Gasteiger partial charge >= 0.3 is 6.09 Å².